The van der Waals surface area contributed by atoms with Crippen LogP contribution in [0.15, 0.2) is 35.8 Å². The van der Waals surface area contributed by atoms with Gasteiger partial charge in [-0.05, 0) is 37.8 Å². The van der Waals surface area contributed by atoms with Crippen LogP contribution in [0.2, 0.25) is 0 Å². The lowest BCUT2D eigenvalue weighted by Gasteiger charge is -2.28. The molecular weight excluding hydrogens is 200 g/mol. The lowest BCUT2D eigenvalue weighted by Crippen LogP contribution is -2.19. The summed E-state index contributed by atoms with van der Waals surface area (Å²) in [6.07, 6.45) is 5.11. The Balaban J connectivity index is 2.94. The first-order valence-corrected chi connectivity index (χ1v) is 5.80. The highest BCUT2D eigenvalue weighted by Gasteiger charge is 2.23. The Hall–Kier alpha value is -1.18. The van der Waals surface area contributed by atoms with E-state index in [2.05, 4.69) is 26.5 Å². The lowest BCUT2D eigenvalue weighted by molar-refractivity contribution is 0.118. The molecule has 0 bridgehead atoms. The molecule has 0 atom stereocenters. The first kappa shape index (κ1) is 12.9. The molecule has 0 spiro atoms. The van der Waals surface area contributed by atoms with Crippen LogP contribution < -0.4 is 0 Å². The van der Waals surface area contributed by atoms with Crippen LogP contribution >= 0.6 is 0 Å². The highest BCUT2D eigenvalue weighted by molar-refractivity contribution is 5.29. The highest BCUT2D eigenvalue weighted by Crippen LogP contribution is 2.32. The number of ether oxygens (including phenoxy) is 2. The topological polar surface area (TPSA) is 18.5 Å². The van der Waals surface area contributed by atoms with Crippen LogP contribution in [-0.2, 0) is 9.47 Å². The summed E-state index contributed by atoms with van der Waals surface area (Å²) in [4.78, 5) is 0. The fourth-order valence-corrected chi connectivity index (χ4v) is 1.60. The zero-order valence-electron chi connectivity index (χ0n) is 10.8. The van der Waals surface area contributed by atoms with Crippen molar-refractivity contribution in [1.82, 2.24) is 0 Å². The van der Waals surface area contributed by atoms with Crippen molar-refractivity contribution in [3.8, 4) is 0 Å². The minimum atomic E-state index is 0.179. The van der Waals surface area contributed by atoms with Gasteiger partial charge in [0.25, 0.3) is 0 Å². The minimum absolute atomic E-state index is 0.179. The molecule has 90 valence electrons. The summed E-state index contributed by atoms with van der Waals surface area (Å²) < 4.78 is 11.2. The van der Waals surface area contributed by atoms with Gasteiger partial charge in [0.2, 0.25) is 0 Å². The van der Waals surface area contributed by atoms with Gasteiger partial charge in [-0.2, -0.15) is 0 Å². The molecule has 0 aliphatic carbocycles. The molecule has 1 aliphatic heterocycles. The Bertz CT molecular complexity index is 322. The zero-order valence-corrected chi connectivity index (χ0v) is 10.8. The maximum absolute atomic E-state index is 5.66. The minimum Gasteiger partial charge on any atom is -0.490 e. The maximum atomic E-state index is 5.66. The molecule has 2 nitrogen and oxygen atoms in total. The molecule has 0 aromatic carbocycles. The van der Waals surface area contributed by atoms with Crippen molar-refractivity contribution in [3.05, 3.63) is 35.8 Å². The van der Waals surface area contributed by atoms with E-state index in [1.54, 1.807) is 0 Å². The van der Waals surface area contributed by atoms with Gasteiger partial charge in [-0.3, -0.25) is 0 Å². The predicted octanol–water partition coefficient (Wildman–Crippen LogP) is 3.81. The van der Waals surface area contributed by atoms with Gasteiger partial charge in [0, 0.05) is 0 Å². The van der Waals surface area contributed by atoms with Crippen molar-refractivity contribution in [2.75, 3.05) is 13.2 Å². The molecule has 0 N–H and O–H groups in total. The van der Waals surface area contributed by atoms with Gasteiger partial charge in [0.05, 0.1) is 13.2 Å². The summed E-state index contributed by atoms with van der Waals surface area (Å²) >= 11 is 0. The third-order valence-corrected chi connectivity index (χ3v) is 2.45. The van der Waals surface area contributed by atoms with Crippen molar-refractivity contribution < 1.29 is 9.47 Å². The van der Waals surface area contributed by atoms with E-state index in [0.717, 1.165) is 30.1 Å². The Kier molecular flexibility index (Phi) is 4.22. The summed E-state index contributed by atoms with van der Waals surface area (Å²) in [5.74, 6) is 1.64. The van der Waals surface area contributed by atoms with Gasteiger partial charge in [-0.1, -0.05) is 26.0 Å². The number of hydrogen-bond acceptors (Lipinski definition) is 2. The number of rotatable bonds is 4. The second kappa shape index (κ2) is 5.24. The van der Waals surface area contributed by atoms with E-state index in [9.17, 15) is 0 Å². The van der Waals surface area contributed by atoms with E-state index >= 15 is 0 Å². The Morgan fingerprint density at radius 3 is 2.81 bits per heavy atom. The van der Waals surface area contributed by atoms with Gasteiger partial charge in [0.15, 0.2) is 11.5 Å². The number of allylic oxidation sites excluding steroid dienone is 3. The Morgan fingerprint density at radius 2 is 2.31 bits per heavy atom. The maximum Gasteiger partial charge on any atom is 0.161 e. The molecule has 0 saturated carbocycles. The van der Waals surface area contributed by atoms with Crippen LogP contribution in [0.1, 0.15) is 34.1 Å². The van der Waals surface area contributed by atoms with E-state index in [1.165, 1.54) is 0 Å². The van der Waals surface area contributed by atoms with Crippen LogP contribution in [0.5, 0.6) is 0 Å². The smallest absolute Gasteiger partial charge is 0.161 e. The standard InChI is InChI=1S/C14H22O2/c1-6-15-12(9-11(2)3)13-10-14(4,5)7-8-16-13/h9-10H,2,6-8H2,1,3-5H3. The van der Waals surface area contributed by atoms with Gasteiger partial charge in [-0.15, -0.1) is 0 Å². The molecule has 0 saturated heterocycles. The third kappa shape index (κ3) is 3.76. The normalized spacial score (nSPS) is 19.8. The molecular formula is C14H22O2. The SMILES string of the molecule is C=C(C)C=C(OCC)C1=CC(C)(C)CCO1. The van der Waals surface area contributed by atoms with Crippen molar-refractivity contribution in [1.29, 1.82) is 0 Å². The quantitative estimate of drug-likeness (QED) is 0.532. The van der Waals surface area contributed by atoms with Gasteiger partial charge < -0.3 is 9.47 Å². The van der Waals surface area contributed by atoms with Crippen LogP contribution in [0, 0.1) is 5.41 Å². The number of hydrogen-bond donors (Lipinski definition) is 0. The highest BCUT2D eigenvalue weighted by atomic mass is 16.5. The molecule has 1 aliphatic rings. The van der Waals surface area contributed by atoms with Gasteiger partial charge in [-0.25, -0.2) is 0 Å². The van der Waals surface area contributed by atoms with Crippen LogP contribution in [0.4, 0.5) is 0 Å². The molecule has 0 radical (unpaired) electrons. The van der Waals surface area contributed by atoms with Crippen molar-refractivity contribution in [2.24, 2.45) is 5.41 Å². The zero-order chi connectivity index (χ0) is 12.2. The van der Waals surface area contributed by atoms with Crippen LogP contribution in [0.3, 0.4) is 0 Å². The first-order valence-electron chi connectivity index (χ1n) is 5.80. The summed E-state index contributed by atoms with van der Waals surface area (Å²) in [6.45, 7) is 13.6. The van der Waals surface area contributed by atoms with Crippen molar-refractivity contribution in [2.45, 2.75) is 34.1 Å². The largest absolute Gasteiger partial charge is 0.490 e. The Morgan fingerprint density at radius 1 is 1.62 bits per heavy atom. The third-order valence-electron chi connectivity index (χ3n) is 2.45. The average Bonchev–Trinajstić information content (AvgIpc) is 2.15. The molecule has 0 unspecified atom stereocenters. The molecule has 0 fully saturated rings. The first-order chi connectivity index (χ1) is 7.44. The van der Waals surface area contributed by atoms with Gasteiger partial charge in [0.1, 0.15) is 0 Å². The second-order valence-electron chi connectivity index (χ2n) is 4.88. The average molecular weight is 222 g/mol. The monoisotopic (exact) mass is 222 g/mol. The summed E-state index contributed by atoms with van der Waals surface area (Å²) in [5.41, 5.74) is 1.15. The molecule has 2 heteroatoms. The Labute approximate surface area is 98.6 Å². The molecule has 0 aromatic rings. The van der Waals surface area contributed by atoms with Crippen LogP contribution in [0.25, 0.3) is 0 Å². The predicted molar refractivity (Wildman–Crippen MR) is 67.0 cm³/mol. The van der Waals surface area contributed by atoms with Crippen molar-refractivity contribution >= 4 is 0 Å². The fourth-order valence-electron chi connectivity index (χ4n) is 1.60. The molecule has 1 rings (SSSR count). The van der Waals surface area contributed by atoms with E-state index in [4.69, 9.17) is 9.47 Å². The van der Waals surface area contributed by atoms with E-state index < -0.39 is 0 Å². The molecule has 0 aromatic heterocycles. The lowest BCUT2D eigenvalue weighted by atomic mass is 9.87. The van der Waals surface area contributed by atoms with E-state index in [0.29, 0.717) is 6.61 Å². The summed E-state index contributed by atoms with van der Waals surface area (Å²) in [7, 11) is 0. The van der Waals surface area contributed by atoms with E-state index in [-0.39, 0.29) is 5.41 Å². The molecule has 0 amide bonds. The summed E-state index contributed by atoms with van der Waals surface area (Å²) in [5, 5.41) is 0. The van der Waals surface area contributed by atoms with Crippen LogP contribution in [-0.4, -0.2) is 13.2 Å². The van der Waals surface area contributed by atoms with Crippen molar-refractivity contribution in [3.63, 3.8) is 0 Å². The second-order valence-corrected chi connectivity index (χ2v) is 4.88. The molecule has 1 heterocycles. The molecule has 16 heavy (non-hydrogen) atoms. The fraction of sp³-hybridized carbons (Fsp3) is 0.571. The van der Waals surface area contributed by atoms with E-state index in [1.807, 2.05) is 19.9 Å². The summed E-state index contributed by atoms with van der Waals surface area (Å²) in [6, 6.07) is 0. The van der Waals surface area contributed by atoms with Gasteiger partial charge >= 0.3 is 0 Å².